The Bertz CT molecular complexity index is 299. The van der Waals surface area contributed by atoms with Crippen LogP contribution in [0.4, 0.5) is 5.69 Å². The van der Waals surface area contributed by atoms with Crippen molar-refractivity contribution < 1.29 is 10.0 Å². The Kier molecular flexibility index (Phi) is 2.40. The first-order valence-corrected chi connectivity index (χ1v) is 3.75. The van der Waals surface area contributed by atoms with Gasteiger partial charge in [-0.05, 0) is 19.4 Å². The lowest BCUT2D eigenvalue weighted by Crippen LogP contribution is -2.33. The van der Waals surface area contributed by atoms with Crippen molar-refractivity contribution in [1.82, 2.24) is 0 Å². The summed E-state index contributed by atoms with van der Waals surface area (Å²) in [6, 6.07) is 3.58. The summed E-state index contributed by atoms with van der Waals surface area (Å²) in [5.74, 6) is 0. The normalized spacial score (nSPS) is 10.0. The third kappa shape index (κ3) is 1.60. The van der Waals surface area contributed by atoms with Crippen LogP contribution in [-0.4, -0.2) is 17.2 Å². The summed E-state index contributed by atoms with van der Waals surface area (Å²) in [7, 11) is -1.48. The highest BCUT2D eigenvalue weighted by Gasteiger charge is 2.15. The quantitative estimate of drug-likeness (QED) is 0.390. The molecule has 0 fully saturated rings. The zero-order valence-electron chi connectivity index (χ0n) is 7.20. The van der Waals surface area contributed by atoms with Crippen molar-refractivity contribution in [3.05, 3.63) is 23.3 Å². The van der Waals surface area contributed by atoms with Crippen LogP contribution in [0.1, 0.15) is 11.1 Å². The Morgan fingerprint density at radius 3 is 2.33 bits per heavy atom. The minimum absolute atomic E-state index is 0.382. The van der Waals surface area contributed by atoms with E-state index in [1.54, 1.807) is 6.07 Å². The molecule has 0 aliphatic rings. The van der Waals surface area contributed by atoms with Gasteiger partial charge in [0.2, 0.25) is 0 Å². The minimum atomic E-state index is -1.48. The predicted octanol–water partition coefficient (Wildman–Crippen LogP) is -0.435. The number of hydrogen-bond acceptors (Lipinski definition) is 3. The molecule has 1 aromatic carbocycles. The van der Waals surface area contributed by atoms with E-state index in [1.807, 2.05) is 19.9 Å². The second-order valence-corrected chi connectivity index (χ2v) is 2.96. The van der Waals surface area contributed by atoms with Crippen LogP contribution < -0.4 is 11.2 Å². The Labute approximate surface area is 72.0 Å². The van der Waals surface area contributed by atoms with E-state index in [9.17, 15) is 0 Å². The fraction of sp³-hybridized carbons (Fsp3) is 0.250. The first kappa shape index (κ1) is 9.10. The van der Waals surface area contributed by atoms with Crippen LogP contribution in [0.15, 0.2) is 12.1 Å². The van der Waals surface area contributed by atoms with E-state index in [0.717, 1.165) is 11.1 Å². The van der Waals surface area contributed by atoms with Gasteiger partial charge in [0.15, 0.2) is 0 Å². The van der Waals surface area contributed by atoms with Gasteiger partial charge in [-0.25, -0.2) is 0 Å². The number of nitrogens with two attached hydrogens (primary N) is 1. The predicted molar refractivity (Wildman–Crippen MR) is 50.2 cm³/mol. The molecule has 0 radical (unpaired) electrons. The van der Waals surface area contributed by atoms with Crippen LogP contribution in [-0.2, 0) is 0 Å². The van der Waals surface area contributed by atoms with E-state index in [1.165, 1.54) is 0 Å². The molecule has 0 spiro atoms. The number of hydrogen-bond donors (Lipinski definition) is 3. The van der Waals surface area contributed by atoms with Crippen molar-refractivity contribution in [2.45, 2.75) is 13.8 Å². The van der Waals surface area contributed by atoms with Gasteiger partial charge in [0, 0.05) is 11.2 Å². The summed E-state index contributed by atoms with van der Waals surface area (Å²) in [5, 5.41) is 17.9. The van der Waals surface area contributed by atoms with E-state index in [0.29, 0.717) is 11.2 Å². The molecule has 0 atom stereocenters. The molecule has 64 valence electrons. The molecule has 4 N–H and O–H groups in total. The zero-order valence-corrected chi connectivity index (χ0v) is 7.20. The van der Waals surface area contributed by atoms with Crippen molar-refractivity contribution in [2.24, 2.45) is 0 Å². The fourth-order valence-corrected chi connectivity index (χ4v) is 1.23. The van der Waals surface area contributed by atoms with Crippen molar-refractivity contribution in [2.75, 3.05) is 5.73 Å². The van der Waals surface area contributed by atoms with Gasteiger partial charge in [-0.2, -0.15) is 0 Å². The van der Waals surface area contributed by atoms with Gasteiger partial charge in [0.1, 0.15) is 0 Å². The van der Waals surface area contributed by atoms with Gasteiger partial charge in [-0.3, -0.25) is 0 Å². The molecule has 1 rings (SSSR count). The molecule has 0 aromatic heterocycles. The number of aryl methyl sites for hydroxylation is 2. The van der Waals surface area contributed by atoms with E-state index in [2.05, 4.69) is 0 Å². The van der Waals surface area contributed by atoms with E-state index < -0.39 is 7.12 Å². The number of benzene rings is 1. The molecule has 0 unspecified atom stereocenters. The molecule has 3 nitrogen and oxygen atoms in total. The van der Waals surface area contributed by atoms with Gasteiger partial charge in [-0.1, -0.05) is 17.7 Å². The Hall–Kier alpha value is -0.995. The second-order valence-electron chi connectivity index (χ2n) is 2.96. The van der Waals surface area contributed by atoms with Crippen molar-refractivity contribution in [3.63, 3.8) is 0 Å². The maximum Gasteiger partial charge on any atom is 0.490 e. The second kappa shape index (κ2) is 3.17. The molecular weight excluding hydrogens is 153 g/mol. The summed E-state index contributed by atoms with van der Waals surface area (Å²) >= 11 is 0. The first-order valence-electron chi connectivity index (χ1n) is 3.75. The van der Waals surface area contributed by atoms with Gasteiger partial charge in [0.25, 0.3) is 0 Å². The van der Waals surface area contributed by atoms with Crippen LogP contribution in [0.25, 0.3) is 0 Å². The van der Waals surface area contributed by atoms with Gasteiger partial charge < -0.3 is 15.8 Å². The largest absolute Gasteiger partial charge is 0.490 e. The lowest BCUT2D eigenvalue weighted by Gasteiger charge is -2.08. The summed E-state index contributed by atoms with van der Waals surface area (Å²) in [4.78, 5) is 0. The number of nitrogen functional groups attached to an aromatic ring is 1. The number of anilines is 1. The number of rotatable bonds is 1. The summed E-state index contributed by atoms with van der Waals surface area (Å²) in [5.41, 5.74) is 8.32. The maximum atomic E-state index is 8.93. The minimum Gasteiger partial charge on any atom is -0.423 e. The average molecular weight is 165 g/mol. The van der Waals surface area contributed by atoms with Crippen LogP contribution in [0, 0.1) is 13.8 Å². The molecule has 4 heteroatoms. The smallest absolute Gasteiger partial charge is 0.423 e. The molecule has 0 amide bonds. The van der Waals surface area contributed by atoms with Gasteiger partial charge >= 0.3 is 7.12 Å². The van der Waals surface area contributed by atoms with Crippen LogP contribution in [0.3, 0.4) is 0 Å². The van der Waals surface area contributed by atoms with Crippen LogP contribution >= 0.6 is 0 Å². The summed E-state index contributed by atoms with van der Waals surface area (Å²) < 4.78 is 0. The summed E-state index contributed by atoms with van der Waals surface area (Å²) in [6.07, 6.45) is 0. The third-order valence-corrected chi connectivity index (χ3v) is 1.84. The molecule has 0 aliphatic heterocycles. The standard InChI is InChI=1S/C8H12BNO2/c1-5-3-6(2)8(10)7(4-5)9(11)12/h3-4,11-12H,10H2,1-2H3. The lowest BCUT2D eigenvalue weighted by atomic mass is 9.77. The molecule has 0 bridgehead atoms. The Morgan fingerprint density at radius 2 is 1.83 bits per heavy atom. The zero-order chi connectivity index (χ0) is 9.30. The monoisotopic (exact) mass is 165 g/mol. The molecule has 0 saturated heterocycles. The highest BCUT2D eigenvalue weighted by molar-refractivity contribution is 6.60. The lowest BCUT2D eigenvalue weighted by molar-refractivity contribution is 0.426. The van der Waals surface area contributed by atoms with Crippen molar-refractivity contribution in [1.29, 1.82) is 0 Å². The van der Waals surface area contributed by atoms with Crippen molar-refractivity contribution >= 4 is 18.3 Å². The molecular formula is C8H12BNO2. The van der Waals surface area contributed by atoms with Crippen molar-refractivity contribution in [3.8, 4) is 0 Å². The van der Waals surface area contributed by atoms with Gasteiger partial charge in [-0.15, -0.1) is 0 Å². The Morgan fingerprint density at radius 1 is 1.25 bits per heavy atom. The molecule has 0 aliphatic carbocycles. The fourth-order valence-electron chi connectivity index (χ4n) is 1.23. The van der Waals surface area contributed by atoms with Gasteiger partial charge in [0.05, 0.1) is 0 Å². The highest BCUT2D eigenvalue weighted by atomic mass is 16.4. The molecule has 0 saturated carbocycles. The average Bonchev–Trinajstić information content (AvgIpc) is 1.96. The molecule has 1 aromatic rings. The van der Waals surface area contributed by atoms with Crippen LogP contribution in [0.5, 0.6) is 0 Å². The SMILES string of the molecule is Cc1cc(C)c(N)c(B(O)O)c1. The van der Waals surface area contributed by atoms with E-state index in [4.69, 9.17) is 15.8 Å². The first-order chi connectivity index (χ1) is 5.52. The molecule has 0 heterocycles. The topological polar surface area (TPSA) is 66.5 Å². The summed E-state index contributed by atoms with van der Waals surface area (Å²) in [6.45, 7) is 3.73. The van der Waals surface area contributed by atoms with E-state index >= 15 is 0 Å². The highest BCUT2D eigenvalue weighted by Crippen LogP contribution is 2.10. The third-order valence-electron chi connectivity index (χ3n) is 1.84. The Balaban J connectivity index is 3.28. The van der Waals surface area contributed by atoms with E-state index in [-0.39, 0.29) is 0 Å². The molecule has 12 heavy (non-hydrogen) atoms. The maximum absolute atomic E-state index is 8.93. The van der Waals surface area contributed by atoms with Crippen LogP contribution in [0.2, 0.25) is 0 Å².